The molecule has 0 saturated carbocycles. The summed E-state index contributed by atoms with van der Waals surface area (Å²) in [4.78, 5) is 27.8. The second-order valence-electron chi connectivity index (χ2n) is 5.65. The third-order valence-corrected chi connectivity index (χ3v) is 3.95. The van der Waals surface area contributed by atoms with Crippen LogP contribution in [-0.2, 0) is 0 Å². The number of halogens is 2. The number of amides is 2. The molecule has 24 heavy (non-hydrogen) atoms. The van der Waals surface area contributed by atoms with Crippen molar-refractivity contribution in [2.24, 2.45) is 0 Å². The van der Waals surface area contributed by atoms with Crippen molar-refractivity contribution in [3.8, 4) is 0 Å². The predicted molar refractivity (Wildman–Crippen MR) is 81.5 cm³/mol. The SMILES string of the molecule is Cc1cc(C(=O)N2CCN(C(=O)c3ccc(F)c(F)c3)CC2)n[nH]1. The molecule has 0 aliphatic carbocycles. The second-order valence-corrected chi connectivity index (χ2v) is 5.65. The normalized spacial score (nSPS) is 14.8. The first-order valence-corrected chi connectivity index (χ1v) is 7.51. The number of carbonyl (C=O) groups excluding carboxylic acids is 2. The lowest BCUT2D eigenvalue weighted by molar-refractivity contribution is 0.0532. The largest absolute Gasteiger partial charge is 0.335 e. The molecule has 6 nitrogen and oxygen atoms in total. The number of rotatable bonds is 2. The van der Waals surface area contributed by atoms with E-state index in [1.165, 1.54) is 11.0 Å². The Kier molecular flexibility index (Phi) is 4.28. The molecule has 2 heterocycles. The Morgan fingerprint density at radius 3 is 2.17 bits per heavy atom. The van der Waals surface area contributed by atoms with Crippen molar-refractivity contribution >= 4 is 11.8 Å². The third-order valence-electron chi connectivity index (χ3n) is 3.95. The van der Waals surface area contributed by atoms with Gasteiger partial charge in [0.1, 0.15) is 5.69 Å². The molecule has 1 aliphatic rings. The molecule has 2 aromatic rings. The van der Waals surface area contributed by atoms with E-state index < -0.39 is 11.6 Å². The highest BCUT2D eigenvalue weighted by Gasteiger charge is 2.26. The Labute approximate surface area is 137 Å². The minimum absolute atomic E-state index is 0.0941. The first-order valence-electron chi connectivity index (χ1n) is 7.51. The smallest absolute Gasteiger partial charge is 0.274 e. The zero-order valence-corrected chi connectivity index (χ0v) is 13.1. The number of benzene rings is 1. The molecular formula is C16H16F2N4O2. The van der Waals surface area contributed by atoms with E-state index in [0.717, 1.165) is 17.8 Å². The lowest BCUT2D eigenvalue weighted by Crippen LogP contribution is -2.50. The van der Waals surface area contributed by atoms with Gasteiger partial charge in [-0.1, -0.05) is 0 Å². The van der Waals surface area contributed by atoms with Crippen LogP contribution in [0.1, 0.15) is 26.5 Å². The first kappa shape index (κ1) is 16.1. The summed E-state index contributed by atoms with van der Waals surface area (Å²) in [5.74, 6) is -2.62. The average Bonchev–Trinajstić information content (AvgIpc) is 3.02. The zero-order chi connectivity index (χ0) is 17.3. The molecule has 1 aliphatic heterocycles. The maximum Gasteiger partial charge on any atom is 0.274 e. The molecule has 0 unspecified atom stereocenters. The van der Waals surface area contributed by atoms with Crippen LogP contribution in [0.3, 0.4) is 0 Å². The highest BCUT2D eigenvalue weighted by atomic mass is 19.2. The fraction of sp³-hybridized carbons (Fsp3) is 0.312. The molecule has 1 aromatic heterocycles. The highest BCUT2D eigenvalue weighted by Crippen LogP contribution is 2.14. The monoisotopic (exact) mass is 334 g/mol. The molecule has 8 heteroatoms. The van der Waals surface area contributed by atoms with Crippen LogP contribution >= 0.6 is 0 Å². The van der Waals surface area contributed by atoms with Crippen molar-refractivity contribution in [1.82, 2.24) is 20.0 Å². The topological polar surface area (TPSA) is 69.3 Å². The zero-order valence-electron chi connectivity index (χ0n) is 13.1. The van der Waals surface area contributed by atoms with Gasteiger partial charge >= 0.3 is 0 Å². The third kappa shape index (κ3) is 3.12. The van der Waals surface area contributed by atoms with E-state index in [0.29, 0.717) is 31.9 Å². The van der Waals surface area contributed by atoms with Crippen LogP contribution in [0.4, 0.5) is 8.78 Å². The Bertz CT molecular complexity index is 782. The van der Waals surface area contributed by atoms with E-state index >= 15 is 0 Å². The predicted octanol–water partition coefficient (Wildman–Crippen LogP) is 1.59. The van der Waals surface area contributed by atoms with Crippen molar-refractivity contribution < 1.29 is 18.4 Å². The Balaban J connectivity index is 1.63. The number of aryl methyl sites for hydroxylation is 1. The van der Waals surface area contributed by atoms with E-state index in [1.54, 1.807) is 11.0 Å². The minimum atomic E-state index is -1.05. The molecule has 1 aromatic carbocycles. The molecule has 0 bridgehead atoms. The van der Waals surface area contributed by atoms with Crippen molar-refractivity contribution in [3.63, 3.8) is 0 Å². The summed E-state index contributed by atoms with van der Waals surface area (Å²) < 4.78 is 26.2. The van der Waals surface area contributed by atoms with Crippen molar-refractivity contribution in [1.29, 1.82) is 0 Å². The van der Waals surface area contributed by atoms with E-state index in [4.69, 9.17) is 0 Å². The van der Waals surface area contributed by atoms with Gasteiger partial charge in [-0.25, -0.2) is 8.78 Å². The fourth-order valence-electron chi connectivity index (χ4n) is 2.61. The van der Waals surface area contributed by atoms with Crippen LogP contribution < -0.4 is 0 Å². The quantitative estimate of drug-likeness (QED) is 0.907. The van der Waals surface area contributed by atoms with Crippen LogP contribution in [0.25, 0.3) is 0 Å². The fourth-order valence-corrected chi connectivity index (χ4v) is 2.61. The van der Waals surface area contributed by atoms with Crippen molar-refractivity contribution in [2.75, 3.05) is 26.2 Å². The Hall–Kier alpha value is -2.77. The maximum atomic E-state index is 13.3. The van der Waals surface area contributed by atoms with Gasteiger partial charge in [-0.2, -0.15) is 5.10 Å². The molecule has 3 rings (SSSR count). The van der Waals surface area contributed by atoms with Gasteiger partial charge in [0.25, 0.3) is 11.8 Å². The number of nitrogens with one attached hydrogen (secondary N) is 1. The number of hydrogen-bond acceptors (Lipinski definition) is 3. The van der Waals surface area contributed by atoms with Crippen molar-refractivity contribution in [3.05, 3.63) is 52.9 Å². The molecule has 0 spiro atoms. The lowest BCUT2D eigenvalue weighted by atomic mass is 10.1. The van der Waals surface area contributed by atoms with Crippen LogP contribution in [0.5, 0.6) is 0 Å². The first-order chi connectivity index (χ1) is 11.5. The van der Waals surface area contributed by atoms with Crippen LogP contribution in [0.2, 0.25) is 0 Å². The number of carbonyl (C=O) groups is 2. The summed E-state index contributed by atoms with van der Waals surface area (Å²) in [7, 11) is 0. The van der Waals surface area contributed by atoms with Crippen molar-refractivity contribution in [2.45, 2.75) is 6.92 Å². The van der Waals surface area contributed by atoms with Gasteiger partial charge in [0, 0.05) is 37.4 Å². The molecule has 126 valence electrons. The van der Waals surface area contributed by atoms with E-state index in [2.05, 4.69) is 10.2 Å². The second kappa shape index (κ2) is 6.38. The number of aromatic amines is 1. The van der Waals surface area contributed by atoms with Crippen LogP contribution in [0, 0.1) is 18.6 Å². The summed E-state index contributed by atoms with van der Waals surface area (Å²) in [6.45, 7) is 3.18. The molecule has 0 radical (unpaired) electrons. The van der Waals surface area contributed by atoms with E-state index in [9.17, 15) is 18.4 Å². The van der Waals surface area contributed by atoms with Crippen LogP contribution in [-0.4, -0.2) is 58.0 Å². The number of nitrogens with zero attached hydrogens (tertiary/aromatic N) is 3. The highest BCUT2D eigenvalue weighted by molar-refractivity contribution is 5.95. The van der Waals surface area contributed by atoms with Gasteiger partial charge in [0.15, 0.2) is 11.6 Å². The van der Waals surface area contributed by atoms with Gasteiger partial charge < -0.3 is 9.80 Å². The van der Waals surface area contributed by atoms with Gasteiger partial charge in [0.05, 0.1) is 0 Å². The minimum Gasteiger partial charge on any atom is -0.335 e. The molecule has 2 amide bonds. The number of hydrogen-bond donors (Lipinski definition) is 1. The number of aromatic nitrogens is 2. The van der Waals surface area contributed by atoms with E-state index in [-0.39, 0.29) is 17.4 Å². The summed E-state index contributed by atoms with van der Waals surface area (Å²) in [5, 5.41) is 6.66. The summed E-state index contributed by atoms with van der Waals surface area (Å²) in [5.41, 5.74) is 1.23. The number of H-pyrrole nitrogens is 1. The lowest BCUT2D eigenvalue weighted by Gasteiger charge is -2.34. The molecule has 1 fully saturated rings. The maximum absolute atomic E-state index is 13.3. The summed E-state index contributed by atoms with van der Waals surface area (Å²) >= 11 is 0. The molecule has 1 saturated heterocycles. The van der Waals surface area contributed by atoms with Gasteiger partial charge in [-0.15, -0.1) is 0 Å². The van der Waals surface area contributed by atoms with Gasteiger partial charge in [0.2, 0.25) is 0 Å². The Morgan fingerprint density at radius 1 is 1.00 bits per heavy atom. The summed E-state index contributed by atoms with van der Waals surface area (Å²) in [6, 6.07) is 4.75. The van der Waals surface area contributed by atoms with Crippen LogP contribution in [0.15, 0.2) is 24.3 Å². The molecule has 0 atom stereocenters. The number of piperazine rings is 1. The summed E-state index contributed by atoms with van der Waals surface area (Å²) in [6.07, 6.45) is 0. The van der Waals surface area contributed by atoms with E-state index in [1.807, 2.05) is 6.92 Å². The molecular weight excluding hydrogens is 318 g/mol. The average molecular weight is 334 g/mol. The van der Waals surface area contributed by atoms with Gasteiger partial charge in [-0.3, -0.25) is 14.7 Å². The van der Waals surface area contributed by atoms with Gasteiger partial charge in [-0.05, 0) is 31.2 Å². The standard InChI is InChI=1S/C16H16F2N4O2/c1-10-8-14(20-19-10)16(24)22-6-4-21(5-7-22)15(23)11-2-3-12(17)13(18)9-11/h2-3,8-9H,4-7H2,1H3,(H,19,20). The Morgan fingerprint density at radius 2 is 1.62 bits per heavy atom. The molecule has 1 N–H and O–H groups in total.